The third-order valence-electron chi connectivity index (χ3n) is 4.49. The van der Waals surface area contributed by atoms with Crippen molar-refractivity contribution in [3.8, 4) is 0 Å². The minimum Gasteiger partial charge on any atom is -0.445 e. The third kappa shape index (κ3) is 5.03. The maximum Gasteiger partial charge on any atom is 0.407 e. The van der Waals surface area contributed by atoms with Crippen LogP contribution >= 0.6 is 0 Å². The van der Waals surface area contributed by atoms with Crippen LogP contribution in [0.25, 0.3) is 0 Å². The summed E-state index contributed by atoms with van der Waals surface area (Å²) in [7, 11) is 0. The second kappa shape index (κ2) is 8.62. The van der Waals surface area contributed by atoms with Gasteiger partial charge in [-0.05, 0) is 49.2 Å². The Hall–Kier alpha value is -2.40. The molecular weight excluding hydrogens is 319 g/mol. The summed E-state index contributed by atoms with van der Waals surface area (Å²) in [5.74, 6) is -0.251. The first kappa shape index (κ1) is 17.4. The van der Waals surface area contributed by atoms with E-state index in [1.54, 1.807) is 12.1 Å². The van der Waals surface area contributed by atoms with Gasteiger partial charge in [0.25, 0.3) is 0 Å². The van der Waals surface area contributed by atoms with Crippen LogP contribution in [-0.2, 0) is 11.3 Å². The fourth-order valence-electron chi connectivity index (χ4n) is 3.15. The maximum absolute atomic E-state index is 13.2. The molecule has 25 heavy (non-hydrogen) atoms. The van der Waals surface area contributed by atoms with Crippen LogP contribution in [0.3, 0.4) is 0 Å². The Morgan fingerprint density at radius 2 is 1.76 bits per heavy atom. The van der Waals surface area contributed by atoms with E-state index < -0.39 is 6.09 Å². The van der Waals surface area contributed by atoms with E-state index in [9.17, 15) is 9.18 Å². The van der Waals surface area contributed by atoms with Crippen molar-refractivity contribution in [3.05, 3.63) is 71.5 Å². The Labute approximate surface area is 147 Å². The van der Waals surface area contributed by atoms with Crippen molar-refractivity contribution in [2.75, 3.05) is 19.6 Å². The predicted octanol–water partition coefficient (Wildman–Crippen LogP) is 3.89. The Kier molecular flexibility index (Phi) is 6.01. The molecule has 5 heteroatoms. The molecule has 1 aliphatic rings. The highest BCUT2D eigenvalue weighted by Crippen LogP contribution is 2.24. The lowest BCUT2D eigenvalue weighted by Gasteiger charge is -2.28. The molecule has 132 valence electrons. The van der Waals surface area contributed by atoms with Crippen molar-refractivity contribution in [1.82, 2.24) is 10.2 Å². The van der Waals surface area contributed by atoms with Crippen LogP contribution in [0.1, 0.15) is 30.0 Å². The minimum atomic E-state index is -0.435. The summed E-state index contributed by atoms with van der Waals surface area (Å²) in [5, 5.41) is 2.85. The molecule has 1 N–H and O–H groups in total. The van der Waals surface area contributed by atoms with E-state index in [0.717, 1.165) is 37.1 Å². The molecule has 1 unspecified atom stereocenters. The van der Waals surface area contributed by atoms with Gasteiger partial charge in [0, 0.05) is 6.54 Å². The number of amides is 1. The molecule has 3 rings (SSSR count). The number of carbonyl (C=O) groups excluding carboxylic acids is 1. The summed E-state index contributed by atoms with van der Waals surface area (Å²) in [5.41, 5.74) is 1.96. The number of rotatable bonds is 6. The summed E-state index contributed by atoms with van der Waals surface area (Å²) in [6.45, 7) is 2.67. The molecule has 1 amide bonds. The number of nitrogens with zero attached hydrogens (tertiary/aromatic N) is 1. The van der Waals surface area contributed by atoms with Gasteiger partial charge in [-0.2, -0.15) is 0 Å². The highest BCUT2D eigenvalue weighted by molar-refractivity contribution is 5.67. The van der Waals surface area contributed by atoms with Crippen molar-refractivity contribution in [2.24, 2.45) is 0 Å². The van der Waals surface area contributed by atoms with Gasteiger partial charge >= 0.3 is 6.09 Å². The van der Waals surface area contributed by atoms with Gasteiger partial charge < -0.3 is 10.1 Å². The minimum absolute atomic E-state index is 0.0346. The average molecular weight is 342 g/mol. The van der Waals surface area contributed by atoms with Crippen molar-refractivity contribution >= 4 is 6.09 Å². The van der Waals surface area contributed by atoms with Gasteiger partial charge in [0.15, 0.2) is 0 Å². The molecule has 2 aromatic carbocycles. The standard InChI is InChI=1S/C20H23FN2O2/c21-18-10-8-17(9-11-18)19(23-12-4-5-13-23)14-22-20(24)25-15-16-6-2-1-3-7-16/h1-3,6-11,19H,4-5,12-15H2,(H,22,24). The van der Waals surface area contributed by atoms with Gasteiger partial charge in [0.1, 0.15) is 12.4 Å². The SMILES string of the molecule is O=C(NCC(c1ccc(F)cc1)N1CCCC1)OCc1ccccc1. The number of alkyl carbamates (subject to hydrolysis) is 1. The Morgan fingerprint density at radius 1 is 1.08 bits per heavy atom. The highest BCUT2D eigenvalue weighted by Gasteiger charge is 2.24. The fourth-order valence-corrected chi connectivity index (χ4v) is 3.15. The summed E-state index contributed by atoms with van der Waals surface area (Å²) < 4.78 is 18.5. The normalized spacial score (nSPS) is 15.7. The fraction of sp³-hybridized carbons (Fsp3) is 0.350. The number of nitrogens with one attached hydrogen (secondary N) is 1. The van der Waals surface area contributed by atoms with Crippen LogP contribution in [0, 0.1) is 5.82 Å². The van der Waals surface area contributed by atoms with Crippen LogP contribution in [0.5, 0.6) is 0 Å². The molecule has 1 aliphatic heterocycles. The van der Waals surface area contributed by atoms with Gasteiger partial charge in [-0.25, -0.2) is 9.18 Å². The molecule has 0 aliphatic carbocycles. The molecule has 0 bridgehead atoms. The monoisotopic (exact) mass is 342 g/mol. The molecule has 0 spiro atoms. The smallest absolute Gasteiger partial charge is 0.407 e. The number of likely N-dealkylation sites (tertiary alicyclic amines) is 1. The topological polar surface area (TPSA) is 41.6 Å². The summed E-state index contributed by atoms with van der Waals surface area (Å²) in [6.07, 6.45) is 1.86. The average Bonchev–Trinajstić information content (AvgIpc) is 3.17. The molecule has 1 fully saturated rings. The van der Waals surface area contributed by atoms with E-state index in [2.05, 4.69) is 10.2 Å². The largest absolute Gasteiger partial charge is 0.445 e. The van der Waals surface area contributed by atoms with Crippen molar-refractivity contribution < 1.29 is 13.9 Å². The highest BCUT2D eigenvalue weighted by atomic mass is 19.1. The van der Waals surface area contributed by atoms with Crippen LogP contribution in [0.2, 0.25) is 0 Å². The third-order valence-corrected chi connectivity index (χ3v) is 4.49. The van der Waals surface area contributed by atoms with Crippen LogP contribution in [-0.4, -0.2) is 30.6 Å². The van der Waals surface area contributed by atoms with E-state index in [1.807, 2.05) is 30.3 Å². The lowest BCUT2D eigenvalue weighted by molar-refractivity contribution is 0.134. The Balaban J connectivity index is 1.56. The lowest BCUT2D eigenvalue weighted by atomic mass is 10.1. The quantitative estimate of drug-likeness (QED) is 0.866. The number of hydrogen-bond acceptors (Lipinski definition) is 3. The van der Waals surface area contributed by atoms with E-state index in [1.165, 1.54) is 12.1 Å². The van der Waals surface area contributed by atoms with E-state index >= 15 is 0 Å². The molecule has 4 nitrogen and oxygen atoms in total. The molecule has 2 aromatic rings. The van der Waals surface area contributed by atoms with Gasteiger partial charge in [-0.15, -0.1) is 0 Å². The molecular formula is C20H23FN2O2. The number of ether oxygens (including phenoxy) is 1. The van der Waals surface area contributed by atoms with Crippen molar-refractivity contribution in [2.45, 2.75) is 25.5 Å². The number of carbonyl (C=O) groups is 1. The Bertz CT molecular complexity index is 670. The second-order valence-electron chi connectivity index (χ2n) is 6.25. The zero-order valence-electron chi connectivity index (χ0n) is 14.2. The van der Waals surface area contributed by atoms with Gasteiger partial charge in [0.2, 0.25) is 0 Å². The molecule has 0 aromatic heterocycles. The summed E-state index contributed by atoms with van der Waals surface area (Å²) >= 11 is 0. The van der Waals surface area contributed by atoms with Crippen LogP contribution in [0.4, 0.5) is 9.18 Å². The number of hydrogen-bond donors (Lipinski definition) is 1. The Morgan fingerprint density at radius 3 is 2.44 bits per heavy atom. The molecule has 0 saturated carbocycles. The van der Waals surface area contributed by atoms with Gasteiger partial charge in [-0.1, -0.05) is 42.5 Å². The van der Waals surface area contributed by atoms with Crippen LogP contribution in [0.15, 0.2) is 54.6 Å². The van der Waals surface area contributed by atoms with Gasteiger partial charge in [0.05, 0.1) is 6.04 Å². The first-order chi connectivity index (χ1) is 12.2. The van der Waals surface area contributed by atoms with E-state index in [-0.39, 0.29) is 18.5 Å². The second-order valence-corrected chi connectivity index (χ2v) is 6.25. The first-order valence-electron chi connectivity index (χ1n) is 8.66. The van der Waals surface area contributed by atoms with Crippen molar-refractivity contribution in [3.63, 3.8) is 0 Å². The zero-order valence-corrected chi connectivity index (χ0v) is 14.2. The zero-order chi connectivity index (χ0) is 17.5. The maximum atomic E-state index is 13.2. The molecule has 1 heterocycles. The first-order valence-corrected chi connectivity index (χ1v) is 8.66. The van der Waals surface area contributed by atoms with Gasteiger partial charge in [-0.3, -0.25) is 4.90 Å². The molecule has 1 saturated heterocycles. The van der Waals surface area contributed by atoms with E-state index in [4.69, 9.17) is 4.74 Å². The van der Waals surface area contributed by atoms with Crippen molar-refractivity contribution in [1.29, 1.82) is 0 Å². The summed E-state index contributed by atoms with van der Waals surface area (Å²) in [6, 6.07) is 16.1. The lowest BCUT2D eigenvalue weighted by Crippen LogP contribution is -2.37. The molecule has 1 atom stereocenters. The van der Waals surface area contributed by atoms with Crippen LogP contribution < -0.4 is 5.32 Å². The number of halogens is 1. The van der Waals surface area contributed by atoms with E-state index in [0.29, 0.717) is 6.54 Å². The summed E-state index contributed by atoms with van der Waals surface area (Å²) in [4.78, 5) is 14.3. The number of benzene rings is 2. The predicted molar refractivity (Wildman–Crippen MR) is 94.6 cm³/mol. The molecule has 0 radical (unpaired) electrons.